The van der Waals surface area contributed by atoms with Crippen LogP contribution in [0.1, 0.15) is 20.8 Å². The van der Waals surface area contributed by atoms with Gasteiger partial charge >= 0.3 is 12.9 Å². The van der Waals surface area contributed by atoms with E-state index < -0.39 is 12.5 Å². The van der Waals surface area contributed by atoms with E-state index in [1.165, 1.54) is 0 Å². The van der Waals surface area contributed by atoms with Crippen LogP contribution in [0.5, 0.6) is 0 Å². The van der Waals surface area contributed by atoms with Crippen molar-refractivity contribution in [1.29, 1.82) is 0 Å². The Morgan fingerprint density at radius 2 is 1.18 bits per heavy atom. The van der Waals surface area contributed by atoms with E-state index >= 15 is 8.63 Å². The first-order valence-electron chi connectivity index (χ1n) is 11.2. The third-order valence-electron chi connectivity index (χ3n) is 5.67. The van der Waals surface area contributed by atoms with Crippen LogP contribution in [0, 0.1) is 5.41 Å². The fourth-order valence-corrected chi connectivity index (χ4v) is 4.06. The van der Waals surface area contributed by atoms with E-state index in [4.69, 9.17) is 9.64 Å². The van der Waals surface area contributed by atoms with Gasteiger partial charge in [0.1, 0.15) is 11.4 Å². The van der Waals surface area contributed by atoms with E-state index in [0.29, 0.717) is 22.5 Å². The zero-order chi connectivity index (χ0) is 23.9. The molecular weight excluding hydrogens is 431 g/mol. The molecule has 3 aromatic carbocycles. The minimum atomic E-state index is -4.50. The predicted molar refractivity (Wildman–Crippen MR) is 132 cm³/mol. The van der Waals surface area contributed by atoms with Gasteiger partial charge in [-0.1, -0.05) is 91.0 Å². The fourth-order valence-electron chi connectivity index (χ4n) is 4.06. The standard InChI is InChI=1S/C27H24BF2N3O/c1-27(2,3)26-32-25-23(20-15-9-5-10-16-20)31-22(19-13-7-4-8-14-19)24(21-17-11-6-12-18-21)33(25)28(29,30)34-26/h4-18H,1-3H3. The summed E-state index contributed by atoms with van der Waals surface area (Å²) in [6, 6.07) is 27.8. The van der Waals surface area contributed by atoms with Crippen LogP contribution >= 0.6 is 0 Å². The minimum absolute atomic E-state index is 0.0112. The first kappa shape index (κ1) is 22.0. The molecule has 4 nitrogen and oxygen atoms in total. The molecule has 0 atom stereocenters. The van der Waals surface area contributed by atoms with Crippen molar-refractivity contribution in [3.05, 3.63) is 91.0 Å². The van der Waals surface area contributed by atoms with Crippen molar-refractivity contribution < 1.29 is 17.8 Å². The van der Waals surface area contributed by atoms with Crippen LogP contribution in [-0.2, 0) is 4.65 Å². The lowest BCUT2D eigenvalue weighted by Gasteiger charge is -2.34. The topological polar surface area (TPSA) is 38.4 Å². The highest BCUT2D eigenvalue weighted by atomic mass is 19.3. The largest absolute Gasteiger partial charge is 0.736 e. The normalized spacial score (nSPS) is 14.7. The van der Waals surface area contributed by atoms with Crippen LogP contribution < -0.4 is 4.48 Å². The molecule has 34 heavy (non-hydrogen) atoms. The molecule has 0 unspecified atom stereocenters. The summed E-state index contributed by atoms with van der Waals surface area (Å²) in [6.45, 7) is 5.42. The Morgan fingerprint density at radius 3 is 1.68 bits per heavy atom. The van der Waals surface area contributed by atoms with Gasteiger partial charge in [-0.15, -0.1) is 0 Å². The van der Waals surface area contributed by atoms with E-state index in [1.54, 1.807) is 32.9 Å². The molecule has 5 rings (SSSR count). The number of aromatic nitrogens is 2. The van der Waals surface area contributed by atoms with Crippen LogP contribution in [0.4, 0.5) is 14.4 Å². The second-order valence-electron chi connectivity index (χ2n) is 9.30. The van der Waals surface area contributed by atoms with Crippen LogP contribution in [-0.4, -0.2) is 17.9 Å². The molecule has 1 aliphatic heterocycles. The van der Waals surface area contributed by atoms with Crippen molar-refractivity contribution in [3.8, 4) is 33.8 Å². The first-order valence-corrected chi connectivity index (χ1v) is 11.2. The Hall–Kier alpha value is -3.87. The second-order valence-corrected chi connectivity index (χ2v) is 9.30. The number of fused-ring (bicyclic) bond motifs is 1. The molecule has 1 aromatic heterocycles. The fraction of sp³-hybridized carbons (Fsp3) is 0.148. The lowest BCUT2D eigenvalue weighted by molar-refractivity contribution is -0.556. The Balaban J connectivity index is 1.96. The van der Waals surface area contributed by atoms with Crippen LogP contribution in [0.15, 0.2) is 96.0 Å². The number of hydrogen-bond acceptors (Lipinski definition) is 3. The maximum atomic E-state index is 16.0. The van der Waals surface area contributed by atoms with Crippen molar-refractivity contribution in [2.45, 2.75) is 20.8 Å². The molecule has 1 aliphatic rings. The molecule has 0 bridgehead atoms. The minimum Gasteiger partial charge on any atom is -0.593 e. The average Bonchev–Trinajstić information content (AvgIpc) is 2.84. The molecule has 0 N–H and O–H groups in total. The van der Waals surface area contributed by atoms with Crippen LogP contribution in [0.3, 0.4) is 0 Å². The molecule has 0 saturated carbocycles. The van der Waals surface area contributed by atoms with Crippen molar-refractivity contribution in [2.24, 2.45) is 10.4 Å². The monoisotopic (exact) mass is 455 g/mol. The third kappa shape index (κ3) is 3.87. The third-order valence-corrected chi connectivity index (χ3v) is 5.67. The summed E-state index contributed by atoms with van der Waals surface area (Å²) in [6.07, 6.45) is 0. The second kappa shape index (κ2) is 8.17. The first-order chi connectivity index (χ1) is 16.3. The van der Waals surface area contributed by atoms with Gasteiger partial charge in [0.05, 0.1) is 5.41 Å². The average molecular weight is 455 g/mol. The molecule has 2 heterocycles. The molecule has 0 spiro atoms. The summed E-state index contributed by atoms with van der Waals surface area (Å²) in [5, 5.41) is 0. The highest BCUT2D eigenvalue weighted by Gasteiger charge is 2.52. The molecule has 0 fully saturated rings. The van der Waals surface area contributed by atoms with Gasteiger partial charge < -0.3 is 17.8 Å². The number of aliphatic imine (C=N–C) groups is 1. The predicted octanol–water partition coefficient (Wildman–Crippen LogP) is 6.70. The zero-order valence-electron chi connectivity index (χ0n) is 19.2. The summed E-state index contributed by atoms with van der Waals surface area (Å²) in [7, 11) is -4.50. The lowest BCUT2D eigenvalue weighted by atomic mass is 9.91. The quantitative estimate of drug-likeness (QED) is 0.323. The van der Waals surface area contributed by atoms with Crippen molar-refractivity contribution in [1.82, 2.24) is 4.98 Å². The molecule has 4 aromatic rings. The molecule has 0 amide bonds. The summed E-state index contributed by atoms with van der Waals surface area (Å²) in [5.41, 5.74) is 2.42. The van der Waals surface area contributed by atoms with Gasteiger partial charge in [-0.2, -0.15) is 0 Å². The van der Waals surface area contributed by atoms with Crippen LogP contribution in [0.2, 0.25) is 0 Å². The van der Waals surface area contributed by atoms with Crippen molar-refractivity contribution >= 4 is 18.8 Å². The number of nitrogens with zero attached hydrogens (tertiary/aromatic N) is 3. The maximum Gasteiger partial charge on any atom is 0.736 e. The Labute approximate surface area is 197 Å². The van der Waals surface area contributed by atoms with Gasteiger partial charge in [-0.3, -0.25) is 0 Å². The van der Waals surface area contributed by atoms with Crippen LogP contribution in [0.25, 0.3) is 33.8 Å². The van der Waals surface area contributed by atoms with Crippen molar-refractivity contribution in [3.63, 3.8) is 0 Å². The molecule has 0 radical (unpaired) electrons. The highest BCUT2D eigenvalue weighted by molar-refractivity contribution is 6.53. The number of hydrogen-bond donors (Lipinski definition) is 0. The Bertz CT molecular complexity index is 1370. The summed E-state index contributed by atoms with van der Waals surface area (Å²) in [4.78, 5) is 9.62. The highest BCUT2D eigenvalue weighted by Crippen LogP contribution is 2.39. The van der Waals surface area contributed by atoms with Crippen molar-refractivity contribution in [2.75, 3.05) is 0 Å². The van der Waals surface area contributed by atoms with Gasteiger partial charge in [-0.25, -0.2) is 4.98 Å². The number of halogens is 2. The SMILES string of the molecule is CC(C)(C)C1=Nc2c(-c3ccccc3)nc(-c3ccccc3)c(-c3ccccc3)[n+]2[B-](F)(F)O1. The van der Waals surface area contributed by atoms with Gasteiger partial charge in [0.2, 0.25) is 0 Å². The smallest absolute Gasteiger partial charge is 0.593 e. The van der Waals surface area contributed by atoms with Gasteiger partial charge in [0, 0.05) is 16.7 Å². The van der Waals surface area contributed by atoms with E-state index in [0.717, 1.165) is 10.0 Å². The van der Waals surface area contributed by atoms with E-state index in [2.05, 4.69) is 4.99 Å². The number of benzene rings is 3. The molecular formula is C27H24BF2N3O. The molecule has 170 valence electrons. The Morgan fingerprint density at radius 1 is 0.706 bits per heavy atom. The van der Waals surface area contributed by atoms with E-state index in [1.807, 2.05) is 78.9 Å². The summed E-state index contributed by atoms with van der Waals surface area (Å²) < 4.78 is 38.3. The summed E-state index contributed by atoms with van der Waals surface area (Å²) in [5.74, 6) is 0.0777. The summed E-state index contributed by atoms with van der Waals surface area (Å²) >= 11 is 0. The maximum absolute atomic E-state index is 16.0. The Kier molecular flexibility index (Phi) is 5.27. The van der Waals surface area contributed by atoms with E-state index in [-0.39, 0.29) is 17.4 Å². The lowest BCUT2D eigenvalue weighted by Crippen LogP contribution is -2.66. The zero-order valence-corrected chi connectivity index (χ0v) is 19.2. The number of rotatable bonds is 3. The van der Waals surface area contributed by atoms with Gasteiger partial charge in [0.25, 0.3) is 5.90 Å². The van der Waals surface area contributed by atoms with Gasteiger partial charge in [0.15, 0.2) is 5.69 Å². The van der Waals surface area contributed by atoms with E-state index in [9.17, 15) is 0 Å². The molecule has 0 saturated heterocycles. The molecule has 7 heteroatoms. The molecule has 0 aliphatic carbocycles. The van der Waals surface area contributed by atoms with Gasteiger partial charge in [-0.05, 0) is 25.8 Å².